The Hall–Kier alpha value is -2.94. The van der Waals surface area contributed by atoms with Crippen LogP contribution in [0.1, 0.15) is 11.4 Å². The number of hydrogen-bond donors (Lipinski definition) is 0. The molecule has 0 saturated carbocycles. The molecule has 0 atom stereocenters. The molecule has 0 fully saturated rings. The minimum absolute atomic E-state index is 0.259. The maximum atomic E-state index is 9.20. The van der Waals surface area contributed by atoms with Crippen molar-refractivity contribution in [3.8, 4) is 17.2 Å². The first-order chi connectivity index (χ1) is 10.2. The number of nitrogens with zero attached hydrogens (tertiary/aromatic N) is 6. The second kappa shape index (κ2) is 4.87. The van der Waals surface area contributed by atoms with E-state index in [0.29, 0.717) is 5.49 Å². The summed E-state index contributed by atoms with van der Waals surface area (Å²) >= 11 is 0. The lowest BCUT2D eigenvalue weighted by molar-refractivity contribution is 0.691. The third kappa shape index (κ3) is 1.91. The highest BCUT2D eigenvalue weighted by Crippen LogP contribution is 2.26. The van der Waals surface area contributed by atoms with E-state index in [0.717, 1.165) is 22.5 Å². The van der Waals surface area contributed by atoms with Gasteiger partial charge in [-0.05, 0) is 12.5 Å². The van der Waals surface area contributed by atoms with Crippen LogP contribution in [-0.4, -0.2) is 26.4 Å². The highest BCUT2D eigenvalue weighted by molar-refractivity contribution is 5.79. The predicted octanol–water partition coefficient (Wildman–Crippen LogP) is 1.45. The van der Waals surface area contributed by atoms with Gasteiger partial charge in [0.15, 0.2) is 11.1 Å². The van der Waals surface area contributed by atoms with Crippen LogP contribution >= 0.6 is 0 Å². The molecule has 2 heterocycles. The standard InChI is InChI=1S/C15H14N6/c1-10-13(11-7-5-4-6-8-11)15-20(3)19-12(9-16)14(17-2)21(15)18-10/h4-8H,1-3H3. The van der Waals surface area contributed by atoms with Crippen LogP contribution in [-0.2, 0) is 7.05 Å². The van der Waals surface area contributed by atoms with Crippen molar-refractivity contribution in [2.45, 2.75) is 6.92 Å². The fourth-order valence-corrected chi connectivity index (χ4v) is 2.52. The third-order valence-electron chi connectivity index (χ3n) is 3.39. The Morgan fingerprint density at radius 3 is 2.52 bits per heavy atom. The van der Waals surface area contributed by atoms with Crippen LogP contribution in [0.4, 0.5) is 0 Å². The van der Waals surface area contributed by atoms with E-state index in [2.05, 4.69) is 21.3 Å². The van der Waals surface area contributed by atoms with Gasteiger partial charge in [-0.3, -0.25) is 4.99 Å². The Morgan fingerprint density at radius 1 is 1.19 bits per heavy atom. The van der Waals surface area contributed by atoms with Crippen LogP contribution in [0.15, 0.2) is 35.3 Å². The van der Waals surface area contributed by atoms with Crippen molar-refractivity contribution in [3.05, 3.63) is 47.2 Å². The monoisotopic (exact) mass is 278 g/mol. The SMILES string of the molecule is CN=c1c(C#N)nn(C)c2c(-c3ccccc3)c(C)nn12. The molecule has 0 aliphatic heterocycles. The van der Waals surface area contributed by atoms with E-state index in [9.17, 15) is 5.26 Å². The summed E-state index contributed by atoms with van der Waals surface area (Å²) in [7, 11) is 3.44. The lowest BCUT2D eigenvalue weighted by Crippen LogP contribution is -2.25. The van der Waals surface area contributed by atoms with Crippen LogP contribution < -0.4 is 5.49 Å². The molecule has 3 rings (SSSR count). The van der Waals surface area contributed by atoms with Gasteiger partial charge in [-0.1, -0.05) is 30.3 Å². The first kappa shape index (κ1) is 13.1. The van der Waals surface area contributed by atoms with Gasteiger partial charge in [-0.2, -0.15) is 20.0 Å². The van der Waals surface area contributed by atoms with Gasteiger partial charge in [0.25, 0.3) is 0 Å². The highest BCUT2D eigenvalue weighted by atomic mass is 15.4. The predicted molar refractivity (Wildman–Crippen MR) is 78.3 cm³/mol. The maximum Gasteiger partial charge on any atom is 0.205 e. The van der Waals surface area contributed by atoms with Gasteiger partial charge < -0.3 is 0 Å². The molecule has 2 aromatic heterocycles. The quantitative estimate of drug-likeness (QED) is 0.676. The van der Waals surface area contributed by atoms with Gasteiger partial charge in [-0.25, -0.2) is 4.68 Å². The van der Waals surface area contributed by atoms with E-state index >= 15 is 0 Å². The lowest BCUT2D eigenvalue weighted by Gasteiger charge is -2.06. The molecule has 0 aliphatic rings. The summed E-state index contributed by atoms with van der Waals surface area (Å²) in [6, 6.07) is 12.1. The topological polar surface area (TPSA) is 71.3 Å². The van der Waals surface area contributed by atoms with Gasteiger partial charge >= 0.3 is 0 Å². The van der Waals surface area contributed by atoms with Crippen molar-refractivity contribution in [2.75, 3.05) is 7.05 Å². The Balaban J connectivity index is 2.51. The molecule has 0 N–H and O–H groups in total. The zero-order valence-corrected chi connectivity index (χ0v) is 12.1. The normalized spacial score (nSPS) is 11.8. The molecular formula is C15H14N6. The minimum Gasteiger partial charge on any atom is -0.267 e. The Kier molecular flexibility index (Phi) is 3.03. The van der Waals surface area contributed by atoms with E-state index < -0.39 is 0 Å². The van der Waals surface area contributed by atoms with Gasteiger partial charge in [0.05, 0.1) is 5.69 Å². The van der Waals surface area contributed by atoms with Crippen LogP contribution in [0.5, 0.6) is 0 Å². The largest absolute Gasteiger partial charge is 0.267 e. The number of nitriles is 1. The summed E-state index contributed by atoms with van der Waals surface area (Å²) in [5, 5.41) is 18.0. The molecule has 3 aromatic rings. The Morgan fingerprint density at radius 2 is 1.90 bits per heavy atom. The fraction of sp³-hybridized carbons (Fsp3) is 0.200. The van der Waals surface area contributed by atoms with Crippen molar-refractivity contribution in [2.24, 2.45) is 12.0 Å². The van der Waals surface area contributed by atoms with Gasteiger partial charge in [0, 0.05) is 19.7 Å². The van der Waals surface area contributed by atoms with Crippen molar-refractivity contribution >= 4 is 5.65 Å². The number of aromatic nitrogens is 4. The summed E-state index contributed by atoms with van der Waals surface area (Å²) in [5.74, 6) is 0. The summed E-state index contributed by atoms with van der Waals surface area (Å²) in [6.45, 7) is 1.95. The molecule has 0 spiro atoms. The van der Waals surface area contributed by atoms with E-state index in [1.165, 1.54) is 0 Å². The minimum atomic E-state index is 0.259. The van der Waals surface area contributed by atoms with Crippen LogP contribution in [0.25, 0.3) is 16.8 Å². The molecule has 6 nitrogen and oxygen atoms in total. The number of rotatable bonds is 1. The zero-order chi connectivity index (χ0) is 15.0. The van der Waals surface area contributed by atoms with E-state index in [1.807, 2.05) is 44.3 Å². The molecule has 0 aliphatic carbocycles. The zero-order valence-electron chi connectivity index (χ0n) is 12.1. The summed E-state index contributed by atoms with van der Waals surface area (Å²) < 4.78 is 3.36. The summed E-state index contributed by atoms with van der Waals surface area (Å²) in [6.07, 6.45) is 0. The molecular weight excluding hydrogens is 264 g/mol. The fourth-order valence-electron chi connectivity index (χ4n) is 2.52. The molecule has 0 radical (unpaired) electrons. The molecule has 0 bridgehead atoms. The number of benzene rings is 1. The second-order valence-electron chi connectivity index (χ2n) is 4.69. The van der Waals surface area contributed by atoms with E-state index in [-0.39, 0.29) is 5.69 Å². The first-order valence-corrected chi connectivity index (χ1v) is 6.52. The van der Waals surface area contributed by atoms with Crippen molar-refractivity contribution in [1.29, 1.82) is 5.26 Å². The van der Waals surface area contributed by atoms with Gasteiger partial charge in [0.1, 0.15) is 6.07 Å². The van der Waals surface area contributed by atoms with Crippen molar-refractivity contribution < 1.29 is 0 Å². The average molecular weight is 278 g/mol. The first-order valence-electron chi connectivity index (χ1n) is 6.52. The van der Waals surface area contributed by atoms with Crippen molar-refractivity contribution in [3.63, 3.8) is 0 Å². The molecule has 1 aromatic carbocycles. The molecule has 0 unspecified atom stereocenters. The van der Waals surface area contributed by atoms with Crippen LogP contribution in [0, 0.1) is 18.3 Å². The van der Waals surface area contributed by atoms with Crippen LogP contribution in [0.2, 0.25) is 0 Å². The highest BCUT2D eigenvalue weighted by Gasteiger charge is 2.17. The molecule has 0 saturated heterocycles. The molecule has 0 amide bonds. The number of hydrogen-bond acceptors (Lipinski definition) is 4. The lowest BCUT2D eigenvalue weighted by atomic mass is 10.1. The second-order valence-corrected chi connectivity index (χ2v) is 4.69. The maximum absolute atomic E-state index is 9.20. The average Bonchev–Trinajstić information content (AvgIpc) is 2.85. The number of aryl methyl sites for hydroxylation is 2. The third-order valence-corrected chi connectivity index (χ3v) is 3.39. The Bertz CT molecular complexity index is 925. The molecule has 6 heteroatoms. The van der Waals surface area contributed by atoms with E-state index in [1.54, 1.807) is 16.2 Å². The van der Waals surface area contributed by atoms with Gasteiger partial charge in [0.2, 0.25) is 5.69 Å². The molecule has 104 valence electrons. The number of fused-ring (bicyclic) bond motifs is 1. The smallest absolute Gasteiger partial charge is 0.205 e. The summed E-state index contributed by atoms with van der Waals surface area (Å²) in [4.78, 5) is 4.16. The van der Waals surface area contributed by atoms with Gasteiger partial charge in [-0.15, -0.1) is 0 Å². The Labute approximate surface area is 121 Å². The van der Waals surface area contributed by atoms with Crippen molar-refractivity contribution in [1.82, 2.24) is 19.4 Å². The molecule has 21 heavy (non-hydrogen) atoms. The van der Waals surface area contributed by atoms with Crippen LogP contribution in [0.3, 0.4) is 0 Å². The van der Waals surface area contributed by atoms with E-state index in [4.69, 9.17) is 0 Å². The summed E-state index contributed by atoms with van der Waals surface area (Å²) in [5.41, 5.74) is 4.48.